The van der Waals surface area contributed by atoms with Crippen LogP contribution in [0.25, 0.3) is 6.08 Å². The number of aliphatic imine (C=N–C) groups is 1. The lowest BCUT2D eigenvalue weighted by molar-refractivity contribution is -0.130. The van der Waals surface area contributed by atoms with E-state index in [0.29, 0.717) is 23.9 Å². The fraction of sp³-hybridized carbons (Fsp3) is 0.0909. The minimum absolute atomic E-state index is 0.145. The smallest absolute Gasteiger partial charge is 0.363 e. The maximum atomic E-state index is 12.1. The van der Waals surface area contributed by atoms with E-state index in [-0.39, 0.29) is 11.6 Å². The molecule has 6 nitrogen and oxygen atoms in total. The molecule has 7 heteroatoms. The van der Waals surface area contributed by atoms with Gasteiger partial charge in [-0.2, -0.15) is 0 Å². The van der Waals surface area contributed by atoms with Gasteiger partial charge < -0.3 is 18.6 Å². The van der Waals surface area contributed by atoms with E-state index in [9.17, 15) is 4.79 Å². The molecule has 0 atom stereocenters. The highest BCUT2D eigenvalue weighted by molar-refractivity contribution is 9.10. The number of carbonyl (C=O) groups is 1. The Morgan fingerprint density at radius 2 is 1.93 bits per heavy atom. The quantitative estimate of drug-likeness (QED) is 0.389. The first-order valence-electron chi connectivity index (χ1n) is 8.74. The molecule has 4 rings (SSSR count). The minimum Gasteiger partial charge on any atom is -0.493 e. The molecule has 0 fully saturated rings. The number of esters is 1. The van der Waals surface area contributed by atoms with E-state index in [2.05, 4.69) is 20.9 Å². The maximum absolute atomic E-state index is 12.1. The van der Waals surface area contributed by atoms with Crippen LogP contribution in [0.4, 0.5) is 0 Å². The van der Waals surface area contributed by atoms with Crippen LogP contribution >= 0.6 is 15.9 Å². The average molecular weight is 454 g/mol. The van der Waals surface area contributed by atoms with Crippen molar-refractivity contribution in [3.05, 3.63) is 87.9 Å². The van der Waals surface area contributed by atoms with Crippen LogP contribution in [0.1, 0.15) is 16.9 Å². The molecule has 146 valence electrons. The van der Waals surface area contributed by atoms with Crippen LogP contribution in [0.5, 0.6) is 11.5 Å². The Morgan fingerprint density at radius 1 is 1.10 bits per heavy atom. The zero-order chi connectivity index (χ0) is 20.2. The second kappa shape index (κ2) is 8.36. The minimum atomic E-state index is -0.537. The normalized spacial score (nSPS) is 14.6. The van der Waals surface area contributed by atoms with Crippen LogP contribution < -0.4 is 9.47 Å². The molecule has 0 unspecified atom stereocenters. The highest BCUT2D eigenvalue weighted by Gasteiger charge is 2.25. The van der Waals surface area contributed by atoms with Crippen molar-refractivity contribution in [2.75, 3.05) is 7.11 Å². The molecule has 0 radical (unpaired) electrons. The Hall–Kier alpha value is -3.32. The molecule has 2 aromatic carbocycles. The predicted molar refractivity (Wildman–Crippen MR) is 111 cm³/mol. The van der Waals surface area contributed by atoms with Gasteiger partial charge in [0.1, 0.15) is 6.61 Å². The van der Waals surface area contributed by atoms with Crippen LogP contribution in [0, 0.1) is 0 Å². The van der Waals surface area contributed by atoms with E-state index in [0.717, 1.165) is 15.6 Å². The number of methoxy groups -OCH3 is 1. The summed E-state index contributed by atoms with van der Waals surface area (Å²) in [5.74, 6) is 1.16. The van der Waals surface area contributed by atoms with E-state index in [1.165, 1.54) is 6.26 Å². The lowest BCUT2D eigenvalue weighted by Crippen LogP contribution is -2.04. The zero-order valence-electron chi connectivity index (χ0n) is 15.4. The van der Waals surface area contributed by atoms with Gasteiger partial charge in [-0.05, 0) is 53.6 Å². The average Bonchev–Trinajstić information content (AvgIpc) is 3.38. The number of hydrogen-bond donors (Lipinski definition) is 0. The molecule has 0 saturated heterocycles. The van der Waals surface area contributed by atoms with E-state index in [1.54, 1.807) is 37.5 Å². The number of rotatable bonds is 6. The van der Waals surface area contributed by atoms with Crippen molar-refractivity contribution in [3.8, 4) is 11.5 Å². The summed E-state index contributed by atoms with van der Waals surface area (Å²) in [6.45, 7) is 0.381. The maximum Gasteiger partial charge on any atom is 0.363 e. The van der Waals surface area contributed by atoms with Crippen molar-refractivity contribution in [3.63, 3.8) is 0 Å². The van der Waals surface area contributed by atoms with Gasteiger partial charge >= 0.3 is 5.97 Å². The third-order valence-electron chi connectivity index (χ3n) is 4.15. The van der Waals surface area contributed by atoms with Gasteiger partial charge in [0.2, 0.25) is 0 Å². The molecule has 2 heterocycles. The van der Waals surface area contributed by atoms with Crippen molar-refractivity contribution < 1.29 is 23.4 Å². The number of halogens is 1. The Morgan fingerprint density at radius 3 is 2.66 bits per heavy atom. The van der Waals surface area contributed by atoms with Gasteiger partial charge in [0, 0.05) is 4.47 Å². The molecule has 0 spiro atoms. The summed E-state index contributed by atoms with van der Waals surface area (Å²) in [5.41, 5.74) is 1.93. The third-order valence-corrected chi connectivity index (χ3v) is 4.68. The number of cyclic esters (lactones) is 1. The summed E-state index contributed by atoms with van der Waals surface area (Å²) >= 11 is 3.42. The SMILES string of the molecule is COc1ccc(C=C2N=C(c3ccco3)OC2=O)cc1OCc1ccc(Br)cc1. The topological polar surface area (TPSA) is 70.3 Å². The van der Waals surface area contributed by atoms with Gasteiger partial charge in [-0.1, -0.05) is 34.1 Å². The fourth-order valence-corrected chi connectivity index (χ4v) is 2.97. The van der Waals surface area contributed by atoms with E-state index in [4.69, 9.17) is 18.6 Å². The number of ether oxygens (including phenoxy) is 3. The number of furan rings is 1. The lowest BCUT2D eigenvalue weighted by Gasteiger charge is -2.11. The van der Waals surface area contributed by atoms with Gasteiger partial charge in [0.05, 0.1) is 13.4 Å². The first-order valence-corrected chi connectivity index (χ1v) is 9.53. The molecule has 0 bridgehead atoms. The van der Waals surface area contributed by atoms with Gasteiger partial charge in [-0.15, -0.1) is 0 Å². The summed E-state index contributed by atoms with van der Waals surface area (Å²) in [5, 5.41) is 0. The predicted octanol–water partition coefficient (Wildman–Crippen LogP) is 4.97. The molecule has 0 amide bonds. The zero-order valence-corrected chi connectivity index (χ0v) is 17.0. The number of nitrogens with zero attached hydrogens (tertiary/aromatic N) is 1. The van der Waals surface area contributed by atoms with Gasteiger partial charge in [-0.25, -0.2) is 9.79 Å². The van der Waals surface area contributed by atoms with Gasteiger partial charge in [0.25, 0.3) is 5.90 Å². The second-order valence-corrected chi connectivity index (χ2v) is 7.05. The van der Waals surface area contributed by atoms with E-state index in [1.807, 2.05) is 30.3 Å². The van der Waals surface area contributed by atoms with Crippen LogP contribution in [-0.2, 0) is 16.1 Å². The Kier molecular flexibility index (Phi) is 5.48. The molecular formula is C22H16BrNO5. The molecule has 0 N–H and O–H groups in total. The summed E-state index contributed by atoms with van der Waals surface area (Å²) in [7, 11) is 1.58. The van der Waals surface area contributed by atoms with Gasteiger partial charge in [0.15, 0.2) is 23.0 Å². The number of hydrogen-bond acceptors (Lipinski definition) is 6. The third kappa shape index (κ3) is 4.41. The van der Waals surface area contributed by atoms with Crippen LogP contribution in [0.3, 0.4) is 0 Å². The second-order valence-electron chi connectivity index (χ2n) is 6.14. The monoisotopic (exact) mass is 453 g/mol. The summed E-state index contributed by atoms with van der Waals surface area (Å²) in [6.07, 6.45) is 3.12. The standard InChI is InChI=1S/C22H16BrNO5/c1-26-18-9-6-15(12-20(18)28-13-14-4-7-16(23)8-5-14)11-17-22(25)29-21(24-17)19-3-2-10-27-19/h2-12H,13H2,1H3. The molecule has 1 aliphatic heterocycles. The molecule has 29 heavy (non-hydrogen) atoms. The van der Waals surface area contributed by atoms with Crippen molar-refractivity contribution in [1.82, 2.24) is 0 Å². The van der Waals surface area contributed by atoms with Crippen molar-refractivity contribution >= 4 is 33.9 Å². The first-order chi connectivity index (χ1) is 14.1. The molecule has 0 saturated carbocycles. The molecule has 3 aromatic rings. The van der Waals surface area contributed by atoms with Crippen LogP contribution in [0.15, 0.2) is 80.4 Å². The van der Waals surface area contributed by atoms with Gasteiger partial charge in [-0.3, -0.25) is 0 Å². The first kappa shape index (κ1) is 19.0. The highest BCUT2D eigenvalue weighted by atomic mass is 79.9. The number of carbonyl (C=O) groups excluding carboxylic acids is 1. The van der Waals surface area contributed by atoms with Crippen molar-refractivity contribution in [1.29, 1.82) is 0 Å². The Balaban J connectivity index is 1.56. The largest absolute Gasteiger partial charge is 0.493 e. The van der Waals surface area contributed by atoms with Crippen LogP contribution in [0.2, 0.25) is 0 Å². The Bertz CT molecular complexity index is 1080. The van der Waals surface area contributed by atoms with Crippen LogP contribution in [-0.4, -0.2) is 19.0 Å². The molecular weight excluding hydrogens is 438 g/mol. The lowest BCUT2D eigenvalue weighted by atomic mass is 10.1. The summed E-state index contributed by atoms with van der Waals surface area (Å²) in [4.78, 5) is 16.3. The molecule has 1 aromatic heterocycles. The molecule has 0 aliphatic carbocycles. The Labute approximate surface area is 175 Å². The molecule has 1 aliphatic rings. The fourth-order valence-electron chi connectivity index (χ4n) is 2.71. The number of benzene rings is 2. The summed E-state index contributed by atoms with van der Waals surface area (Å²) in [6, 6.07) is 16.6. The highest BCUT2D eigenvalue weighted by Crippen LogP contribution is 2.30. The van der Waals surface area contributed by atoms with E-state index >= 15 is 0 Å². The summed E-state index contributed by atoms with van der Waals surface area (Å²) < 4.78 is 22.7. The van der Waals surface area contributed by atoms with E-state index < -0.39 is 5.97 Å². The van der Waals surface area contributed by atoms with Crippen molar-refractivity contribution in [2.45, 2.75) is 6.61 Å². The van der Waals surface area contributed by atoms with Crippen molar-refractivity contribution in [2.24, 2.45) is 4.99 Å².